The minimum atomic E-state index is -0.493. The Morgan fingerprint density at radius 2 is 2.20 bits per heavy atom. The molecular formula is C17H14ClFN4O2. The van der Waals surface area contributed by atoms with Crippen LogP contribution in [0, 0.1) is 17.1 Å². The first-order valence-electron chi connectivity index (χ1n) is 7.70. The molecule has 0 radical (unpaired) electrons. The van der Waals surface area contributed by atoms with Gasteiger partial charge in [-0.2, -0.15) is 5.26 Å². The number of carbonyl (C=O) groups is 1. The van der Waals surface area contributed by atoms with Crippen LogP contribution in [0.25, 0.3) is 0 Å². The van der Waals surface area contributed by atoms with E-state index in [0.29, 0.717) is 13.1 Å². The second-order valence-electron chi connectivity index (χ2n) is 5.58. The van der Waals surface area contributed by atoms with Crippen LogP contribution in [0.1, 0.15) is 28.9 Å². The zero-order chi connectivity index (χ0) is 17.8. The largest absolute Gasteiger partial charge is 0.470 e. The molecule has 2 heterocycles. The number of likely N-dealkylation sites (tertiary alicyclic amines) is 1. The lowest BCUT2D eigenvalue weighted by Gasteiger charge is -2.32. The summed E-state index contributed by atoms with van der Waals surface area (Å²) in [6.45, 7) is 0.881. The molecule has 0 aliphatic carbocycles. The summed E-state index contributed by atoms with van der Waals surface area (Å²) in [5, 5.41) is 9.12. The number of carbonyl (C=O) groups excluding carboxylic acids is 1. The maximum absolute atomic E-state index is 13.2. The summed E-state index contributed by atoms with van der Waals surface area (Å²) in [6, 6.07) is 5.62. The second kappa shape index (κ2) is 7.45. The van der Waals surface area contributed by atoms with Crippen LogP contribution in [-0.2, 0) is 0 Å². The molecule has 1 aromatic heterocycles. The zero-order valence-corrected chi connectivity index (χ0v) is 13.9. The minimum absolute atomic E-state index is 0.0775. The van der Waals surface area contributed by atoms with Crippen molar-refractivity contribution < 1.29 is 13.9 Å². The average Bonchev–Trinajstić information content (AvgIpc) is 2.62. The third-order valence-corrected chi connectivity index (χ3v) is 4.19. The Kier molecular flexibility index (Phi) is 5.10. The Bertz CT molecular complexity index is 840. The van der Waals surface area contributed by atoms with Gasteiger partial charge >= 0.3 is 0 Å². The minimum Gasteiger partial charge on any atom is -0.470 e. The maximum Gasteiger partial charge on any atom is 0.255 e. The van der Waals surface area contributed by atoms with Gasteiger partial charge < -0.3 is 9.64 Å². The van der Waals surface area contributed by atoms with E-state index in [0.717, 1.165) is 18.9 Å². The summed E-state index contributed by atoms with van der Waals surface area (Å²) in [5.41, 5.74) is 0.355. The standard InChI is InChI=1S/C17H14ClFN4O2/c18-14-8-11(19)3-4-13(14)17(24)23-7-1-2-12(10-23)25-16-15(9-20)21-5-6-22-16/h3-6,8,12H,1-2,7,10H2/t12-/m0/s1. The van der Waals surface area contributed by atoms with Crippen LogP contribution in [-0.4, -0.2) is 40.0 Å². The summed E-state index contributed by atoms with van der Waals surface area (Å²) in [5.74, 6) is -0.616. The van der Waals surface area contributed by atoms with Gasteiger partial charge in [-0.3, -0.25) is 4.79 Å². The van der Waals surface area contributed by atoms with Crippen molar-refractivity contribution in [3.05, 3.63) is 52.7 Å². The van der Waals surface area contributed by atoms with E-state index < -0.39 is 5.82 Å². The first-order valence-corrected chi connectivity index (χ1v) is 8.08. The van der Waals surface area contributed by atoms with Gasteiger partial charge in [0.25, 0.3) is 11.8 Å². The molecule has 0 spiro atoms. The van der Waals surface area contributed by atoms with Crippen LogP contribution in [0.4, 0.5) is 4.39 Å². The van der Waals surface area contributed by atoms with Gasteiger partial charge in [-0.1, -0.05) is 11.6 Å². The van der Waals surface area contributed by atoms with E-state index in [4.69, 9.17) is 21.6 Å². The van der Waals surface area contributed by atoms with E-state index in [2.05, 4.69) is 9.97 Å². The Morgan fingerprint density at radius 1 is 1.40 bits per heavy atom. The van der Waals surface area contributed by atoms with Gasteiger partial charge in [0.05, 0.1) is 17.1 Å². The number of benzene rings is 1. The van der Waals surface area contributed by atoms with E-state index in [9.17, 15) is 9.18 Å². The normalized spacial score (nSPS) is 17.0. The summed E-state index contributed by atoms with van der Waals surface area (Å²) < 4.78 is 18.9. The highest BCUT2D eigenvalue weighted by molar-refractivity contribution is 6.33. The van der Waals surface area contributed by atoms with E-state index in [1.165, 1.54) is 24.5 Å². The van der Waals surface area contributed by atoms with Crippen molar-refractivity contribution in [3.8, 4) is 11.9 Å². The number of piperidine rings is 1. The predicted octanol–water partition coefficient (Wildman–Crippen LogP) is 2.82. The topological polar surface area (TPSA) is 79.1 Å². The number of rotatable bonds is 3. The molecule has 6 nitrogen and oxygen atoms in total. The molecule has 0 saturated carbocycles. The Hall–Kier alpha value is -2.72. The summed E-state index contributed by atoms with van der Waals surface area (Å²) in [6.07, 6.45) is 4.01. The van der Waals surface area contributed by atoms with E-state index in [1.54, 1.807) is 4.90 Å². The van der Waals surface area contributed by atoms with Crippen LogP contribution in [0.3, 0.4) is 0 Å². The van der Waals surface area contributed by atoms with Gasteiger partial charge in [0.15, 0.2) is 0 Å². The van der Waals surface area contributed by atoms with Gasteiger partial charge in [-0.25, -0.2) is 14.4 Å². The SMILES string of the molecule is N#Cc1nccnc1O[C@H]1CCCN(C(=O)c2ccc(F)cc2Cl)C1. The third-order valence-electron chi connectivity index (χ3n) is 3.88. The molecule has 0 unspecified atom stereocenters. The summed E-state index contributed by atoms with van der Waals surface area (Å²) in [4.78, 5) is 22.2. The molecule has 1 saturated heterocycles. The van der Waals surface area contributed by atoms with Crippen LogP contribution in [0.2, 0.25) is 5.02 Å². The molecule has 8 heteroatoms. The molecule has 1 aromatic carbocycles. The Labute approximate surface area is 148 Å². The molecule has 0 bridgehead atoms. The smallest absolute Gasteiger partial charge is 0.255 e. The van der Waals surface area contributed by atoms with Gasteiger partial charge in [0.1, 0.15) is 18.0 Å². The van der Waals surface area contributed by atoms with Crippen LogP contribution < -0.4 is 4.74 Å². The molecule has 128 valence electrons. The fraction of sp³-hybridized carbons (Fsp3) is 0.294. The van der Waals surface area contributed by atoms with Gasteiger partial charge in [-0.15, -0.1) is 0 Å². The van der Waals surface area contributed by atoms with E-state index >= 15 is 0 Å². The number of amides is 1. The monoisotopic (exact) mass is 360 g/mol. The molecule has 1 amide bonds. The van der Waals surface area contributed by atoms with Crippen molar-refractivity contribution in [1.29, 1.82) is 5.26 Å². The molecule has 2 aromatic rings. The lowest BCUT2D eigenvalue weighted by atomic mass is 10.1. The Balaban J connectivity index is 1.73. The number of hydrogen-bond acceptors (Lipinski definition) is 5. The zero-order valence-electron chi connectivity index (χ0n) is 13.2. The molecule has 0 N–H and O–H groups in total. The number of halogens is 2. The van der Waals surface area contributed by atoms with Crippen LogP contribution in [0.15, 0.2) is 30.6 Å². The van der Waals surface area contributed by atoms with Gasteiger partial charge in [0.2, 0.25) is 5.69 Å². The first-order chi connectivity index (χ1) is 12.1. The molecule has 25 heavy (non-hydrogen) atoms. The molecule has 1 atom stereocenters. The highest BCUT2D eigenvalue weighted by atomic mass is 35.5. The van der Waals surface area contributed by atoms with Gasteiger partial charge in [0, 0.05) is 18.9 Å². The second-order valence-corrected chi connectivity index (χ2v) is 5.99. The Morgan fingerprint density at radius 3 is 2.96 bits per heavy atom. The molecule has 3 rings (SSSR count). The van der Waals surface area contributed by atoms with Gasteiger partial charge in [-0.05, 0) is 31.0 Å². The highest BCUT2D eigenvalue weighted by Gasteiger charge is 2.27. The molecule has 1 aliphatic rings. The number of aromatic nitrogens is 2. The third kappa shape index (κ3) is 3.86. The van der Waals surface area contributed by atoms with Crippen molar-refractivity contribution >= 4 is 17.5 Å². The van der Waals surface area contributed by atoms with Crippen molar-refractivity contribution in [3.63, 3.8) is 0 Å². The van der Waals surface area contributed by atoms with Crippen molar-refractivity contribution in [2.45, 2.75) is 18.9 Å². The average molecular weight is 361 g/mol. The maximum atomic E-state index is 13.2. The van der Waals surface area contributed by atoms with Crippen molar-refractivity contribution in [1.82, 2.24) is 14.9 Å². The number of nitriles is 1. The fourth-order valence-electron chi connectivity index (χ4n) is 2.70. The van der Waals surface area contributed by atoms with Crippen molar-refractivity contribution in [2.24, 2.45) is 0 Å². The summed E-state index contributed by atoms with van der Waals surface area (Å²) in [7, 11) is 0. The number of nitrogens with zero attached hydrogens (tertiary/aromatic N) is 4. The first kappa shape index (κ1) is 17.1. The van der Waals surface area contributed by atoms with E-state index in [-0.39, 0.29) is 34.2 Å². The fourth-order valence-corrected chi connectivity index (χ4v) is 2.95. The quantitative estimate of drug-likeness (QED) is 0.840. The van der Waals surface area contributed by atoms with Crippen LogP contribution in [0.5, 0.6) is 5.88 Å². The number of hydrogen-bond donors (Lipinski definition) is 0. The summed E-state index contributed by atoms with van der Waals surface area (Å²) >= 11 is 5.98. The number of ether oxygens (including phenoxy) is 1. The molecule has 1 aliphatic heterocycles. The lowest BCUT2D eigenvalue weighted by Crippen LogP contribution is -2.44. The highest BCUT2D eigenvalue weighted by Crippen LogP contribution is 2.23. The molecule has 1 fully saturated rings. The predicted molar refractivity (Wildman–Crippen MR) is 87.7 cm³/mol. The van der Waals surface area contributed by atoms with Crippen LogP contribution >= 0.6 is 11.6 Å². The van der Waals surface area contributed by atoms with Crippen molar-refractivity contribution in [2.75, 3.05) is 13.1 Å². The molecular weight excluding hydrogens is 347 g/mol. The lowest BCUT2D eigenvalue weighted by molar-refractivity contribution is 0.0526. The van der Waals surface area contributed by atoms with E-state index in [1.807, 2.05) is 6.07 Å².